The Kier molecular flexibility index (Phi) is 6.87. The first-order chi connectivity index (χ1) is 10.6. The second-order valence-electron chi connectivity index (χ2n) is 6.83. The smallest absolute Gasteiger partial charge is 0.332 e. The summed E-state index contributed by atoms with van der Waals surface area (Å²) < 4.78 is 10.1. The normalized spacial score (nSPS) is 30.3. The van der Waals surface area contributed by atoms with Crippen LogP contribution in [0.25, 0.3) is 0 Å². The fraction of sp³-hybridized carbons (Fsp3) is 0.889. The molecule has 0 radical (unpaired) electrons. The number of hydrogen-bond acceptors (Lipinski definition) is 4. The van der Waals surface area contributed by atoms with Crippen LogP contribution < -0.4 is 0 Å². The van der Waals surface area contributed by atoms with Crippen molar-refractivity contribution in [3.8, 4) is 0 Å². The molecule has 3 rings (SSSR count). The van der Waals surface area contributed by atoms with Crippen molar-refractivity contribution in [2.75, 3.05) is 19.8 Å². The van der Waals surface area contributed by atoms with E-state index in [1.54, 1.807) is 13.8 Å². The maximum Gasteiger partial charge on any atom is 0.332 e. The first kappa shape index (κ1) is 17.5. The number of carbonyl (C=O) groups excluding carboxylic acids is 2. The Hall–Kier alpha value is -0.900. The molecule has 3 fully saturated rings. The van der Waals surface area contributed by atoms with Gasteiger partial charge in [-0.1, -0.05) is 6.42 Å². The van der Waals surface area contributed by atoms with Gasteiger partial charge < -0.3 is 9.47 Å². The monoisotopic (exact) mass is 310 g/mol. The van der Waals surface area contributed by atoms with Gasteiger partial charge in [-0.25, -0.2) is 4.79 Å². The molecule has 4 heteroatoms. The minimum Gasteiger partial charge on any atom is -0.464 e. The summed E-state index contributed by atoms with van der Waals surface area (Å²) in [6.07, 6.45) is 8.33. The standard InChI is InChI=1S/C18H30O4/c1-3-22-17(20)12-21-11-5-4-6-16-14-7-9-15(10-8-14)18(16)13(2)19/h14-16,18H,3-12H2,1-2H3. The van der Waals surface area contributed by atoms with E-state index < -0.39 is 0 Å². The lowest BCUT2D eigenvalue weighted by Crippen LogP contribution is -2.43. The molecule has 2 atom stereocenters. The fourth-order valence-electron chi connectivity index (χ4n) is 4.57. The van der Waals surface area contributed by atoms with E-state index in [0.717, 1.165) is 25.2 Å². The molecule has 126 valence electrons. The van der Waals surface area contributed by atoms with Crippen LogP contribution in [0.15, 0.2) is 0 Å². The summed E-state index contributed by atoms with van der Waals surface area (Å²) in [5.74, 6) is 2.43. The molecular formula is C18H30O4. The summed E-state index contributed by atoms with van der Waals surface area (Å²) in [6.45, 7) is 4.63. The van der Waals surface area contributed by atoms with Gasteiger partial charge in [-0.3, -0.25) is 4.79 Å². The zero-order valence-corrected chi connectivity index (χ0v) is 14.0. The predicted octanol–water partition coefficient (Wildman–Crippen LogP) is 3.38. The molecule has 0 N–H and O–H groups in total. The highest BCUT2D eigenvalue weighted by atomic mass is 16.6. The number of hydrogen-bond donors (Lipinski definition) is 0. The van der Waals surface area contributed by atoms with Gasteiger partial charge in [0.25, 0.3) is 0 Å². The molecule has 0 aromatic carbocycles. The Morgan fingerprint density at radius 1 is 1.05 bits per heavy atom. The van der Waals surface area contributed by atoms with E-state index in [9.17, 15) is 9.59 Å². The molecule has 22 heavy (non-hydrogen) atoms. The number of ether oxygens (including phenoxy) is 2. The van der Waals surface area contributed by atoms with E-state index in [0.29, 0.717) is 36.8 Å². The van der Waals surface area contributed by atoms with Crippen LogP contribution in [0.4, 0.5) is 0 Å². The quantitative estimate of drug-likeness (QED) is 0.484. The Morgan fingerprint density at radius 3 is 2.36 bits per heavy atom. The first-order valence-corrected chi connectivity index (χ1v) is 8.87. The van der Waals surface area contributed by atoms with Gasteiger partial charge in [-0.2, -0.15) is 0 Å². The summed E-state index contributed by atoms with van der Waals surface area (Å²) in [4.78, 5) is 23.1. The summed E-state index contributed by atoms with van der Waals surface area (Å²) >= 11 is 0. The van der Waals surface area contributed by atoms with Crippen LogP contribution in [0, 0.1) is 23.7 Å². The molecule has 0 spiro atoms. The minimum atomic E-state index is -0.288. The third-order valence-corrected chi connectivity index (χ3v) is 5.46. The van der Waals surface area contributed by atoms with Crippen molar-refractivity contribution in [3.05, 3.63) is 0 Å². The van der Waals surface area contributed by atoms with Crippen LogP contribution in [-0.2, 0) is 19.1 Å². The Bertz CT molecular complexity index is 371. The highest BCUT2D eigenvalue weighted by Gasteiger charge is 2.44. The van der Waals surface area contributed by atoms with Crippen LogP contribution in [-0.4, -0.2) is 31.6 Å². The molecular weight excluding hydrogens is 280 g/mol. The molecule has 4 nitrogen and oxygen atoms in total. The van der Waals surface area contributed by atoms with Gasteiger partial charge in [0.1, 0.15) is 12.4 Å². The van der Waals surface area contributed by atoms with E-state index in [4.69, 9.17) is 9.47 Å². The molecule has 0 saturated heterocycles. The average molecular weight is 310 g/mol. The van der Waals surface area contributed by atoms with Gasteiger partial charge in [0.05, 0.1) is 6.61 Å². The molecule has 3 saturated carbocycles. The molecule has 0 aromatic rings. The Morgan fingerprint density at radius 2 is 1.73 bits per heavy atom. The molecule has 0 aromatic heterocycles. The van der Waals surface area contributed by atoms with Crippen LogP contribution in [0.5, 0.6) is 0 Å². The SMILES string of the molecule is CCOC(=O)COCCCCC1C2CCC(CC2)C1C(C)=O. The van der Waals surface area contributed by atoms with E-state index >= 15 is 0 Å². The third kappa shape index (κ3) is 4.55. The van der Waals surface area contributed by atoms with Gasteiger partial charge in [0.15, 0.2) is 0 Å². The summed E-state index contributed by atoms with van der Waals surface area (Å²) in [7, 11) is 0. The summed E-state index contributed by atoms with van der Waals surface area (Å²) in [5, 5.41) is 0. The van der Waals surface area contributed by atoms with Crippen molar-refractivity contribution < 1.29 is 19.1 Å². The summed E-state index contributed by atoms with van der Waals surface area (Å²) in [6, 6.07) is 0. The third-order valence-electron chi connectivity index (χ3n) is 5.46. The second kappa shape index (κ2) is 8.66. The van der Waals surface area contributed by atoms with E-state index in [1.165, 1.54) is 25.7 Å². The van der Waals surface area contributed by atoms with Gasteiger partial charge in [-0.15, -0.1) is 0 Å². The number of ketones is 1. The second-order valence-corrected chi connectivity index (χ2v) is 6.83. The average Bonchev–Trinajstić information content (AvgIpc) is 2.51. The van der Waals surface area contributed by atoms with Crippen molar-refractivity contribution in [3.63, 3.8) is 0 Å². The molecule has 0 amide bonds. The largest absolute Gasteiger partial charge is 0.464 e. The Labute approximate surface area is 133 Å². The number of carbonyl (C=O) groups is 2. The molecule has 3 aliphatic rings. The molecule has 0 aliphatic heterocycles. The van der Waals surface area contributed by atoms with Crippen molar-refractivity contribution >= 4 is 11.8 Å². The maximum atomic E-state index is 12.0. The lowest BCUT2D eigenvalue weighted by molar-refractivity contribution is -0.148. The van der Waals surface area contributed by atoms with Gasteiger partial charge in [0, 0.05) is 12.5 Å². The molecule has 3 aliphatic carbocycles. The van der Waals surface area contributed by atoms with Crippen LogP contribution in [0.2, 0.25) is 0 Å². The Balaban J connectivity index is 1.65. The van der Waals surface area contributed by atoms with Gasteiger partial charge >= 0.3 is 5.97 Å². The van der Waals surface area contributed by atoms with Crippen molar-refractivity contribution in [1.82, 2.24) is 0 Å². The highest BCUT2D eigenvalue weighted by Crippen LogP contribution is 2.50. The van der Waals surface area contributed by atoms with Crippen molar-refractivity contribution in [2.24, 2.45) is 23.7 Å². The topological polar surface area (TPSA) is 52.6 Å². The van der Waals surface area contributed by atoms with E-state index in [1.807, 2.05) is 0 Å². The first-order valence-electron chi connectivity index (χ1n) is 8.87. The lowest BCUT2D eigenvalue weighted by atomic mass is 9.56. The number of rotatable bonds is 9. The van der Waals surface area contributed by atoms with E-state index in [2.05, 4.69) is 0 Å². The fourth-order valence-corrected chi connectivity index (χ4v) is 4.57. The molecule has 2 bridgehead atoms. The number of Topliss-reactive ketones (excluding diaryl/α,β-unsaturated/α-hetero) is 1. The highest BCUT2D eigenvalue weighted by molar-refractivity contribution is 5.79. The van der Waals surface area contributed by atoms with Gasteiger partial charge in [0.2, 0.25) is 0 Å². The van der Waals surface area contributed by atoms with Gasteiger partial charge in [-0.05, 0) is 70.1 Å². The van der Waals surface area contributed by atoms with Crippen LogP contribution in [0.3, 0.4) is 0 Å². The zero-order chi connectivity index (χ0) is 15.9. The number of unbranched alkanes of at least 4 members (excludes halogenated alkanes) is 1. The molecule has 2 unspecified atom stereocenters. The molecule has 0 heterocycles. The van der Waals surface area contributed by atoms with E-state index in [-0.39, 0.29) is 12.6 Å². The van der Waals surface area contributed by atoms with Crippen LogP contribution >= 0.6 is 0 Å². The maximum absolute atomic E-state index is 12.0. The van der Waals surface area contributed by atoms with Crippen molar-refractivity contribution in [1.29, 1.82) is 0 Å². The zero-order valence-electron chi connectivity index (χ0n) is 14.0. The number of fused-ring (bicyclic) bond motifs is 3. The minimum absolute atomic E-state index is 0.0536. The predicted molar refractivity (Wildman–Crippen MR) is 84.4 cm³/mol. The number of esters is 1. The van der Waals surface area contributed by atoms with Crippen molar-refractivity contribution in [2.45, 2.75) is 58.8 Å². The van der Waals surface area contributed by atoms with Crippen LogP contribution in [0.1, 0.15) is 58.8 Å². The lowest BCUT2D eigenvalue weighted by Gasteiger charge is -2.48. The summed E-state index contributed by atoms with van der Waals surface area (Å²) in [5.41, 5.74) is 0.